The molecule has 2 rings (SSSR count). The molecule has 4 nitrogen and oxygen atoms in total. The van der Waals surface area contributed by atoms with Crippen molar-refractivity contribution in [3.63, 3.8) is 0 Å². The summed E-state index contributed by atoms with van der Waals surface area (Å²) < 4.78 is 0. The molecular formula is C18H26N4. The fourth-order valence-electron chi connectivity index (χ4n) is 2.44. The largest absolute Gasteiger partial charge is 0.354 e. The number of anilines is 1. The van der Waals surface area contributed by atoms with Crippen LogP contribution in [-0.4, -0.2) is 29.6 Å². The third-order valence-corrected chi connectivity index (χ3v) is 3.61. The van der Waals surface area contributed by atoms with Crippen molar-refractivity contribution in [3.05, 3.63) is 53.3 Å². The summed E-state index contributed by atoms with van der Waals surface area (Å²) in [4.78, 5) is 8.75. The highest BCUT2D eigenvalue weighted by molar-refractivity contribution is 5.27. The van der Waals surface area contributed by atoms with E-state index in [0.29, 0.717) is 5.92 Å². The zero-order chi connectivity index (χ0) is 15.8. The van der Waals surface area contributed by atoms with E-state index < -0.39 is 0 Å². The van der Waals surface area contributed by atoms with Crippen LogP contribution in [0.5, 0.6) is 0 Å². The second kappa shape index (κ2) is 8.49. The summed E-state index contributed by atoms with van der Waals surface area (Å²) in [5.74, 6) is 1.27. The average Bonchev–Trinajstić information content (AvgIpc) is 2.50. The highest BCUT2D eigenvalue weighted by atomic mass is 15.1. The summed E-state index contributed by atoms with van der Waals surface area (Å²) in [6.07, 6.45) is 1.05. The molecule has 0 amide bonds. The first kappa shape index (κ1) is 16.4. The molecule has 1 aromatic carbocycles. The Bertz CT molecular complexity index is 548. The lowest BCUT2D eigenvalue weighted by Gasteiger charge is -2.13. The van der Waals surface area contributed by atoms with Gasteiger partial charge in [0.2, 0.25) is 5.95 Å². The predicted octanol–water partition coefficient (Wildman–Crippen LogP) is 3.29. The second-order valence-corrected chi connectivity index (χ2v) is 5.77. The van der Waals surface area contributed by atoms with Gasteiger partial charge in [0, 0.05) is 24.5 Å². The minimum absolute atomic E-state index is 0.539. The molecule has 1 atom stereocenters. The number of hydrogen-bond acceptors (Lipinski definition) is 4. The monoisotopic (exact) mass is 298 g/mol. The molecule has 0 aliphatic heterocycles. The van der Waals surface area contributed by atoms with Gasteiger partial charge in [-0.2, -0.15) is 0 Å². The lowest BCUT2D eigenvalue weighted by atomic mass is 10.0. The number of rotatable bonds is 8. The topological polar surface area (TPSA) is 49.8 Å². The summed E-state index contributed by atoms with van der Waals surface area (Å²) in [6.45, 7) is 9.12. The molecule has 2 aromatic rings. The maximum absolute atomic E-state index is 4.38. The van der Waals surface area contributed by atoms with Crippen LogP contribution < -0.4 is 10.6 Å². The minimum Gasteiger partial charge on any atom is -0.354 e. The summed E-state index contributed by atoms with van der Waals surface area (Å²) >= 11 is 0. The minimum atomic E-state index is 0.539. The van der Waals surface area contributed by atoms with Gasteiger partial charge < -0.3 is 10.6 Å². The van der Waals surface area contributed by atoms with E-state index in [9.17, 15) is 0 Å². The van der Waals surface area contributed by atoms with Gasteiger partial charge in [0.15, 0.2) is 0 Å². The Balaban J connectivity index is 1.61. The first-order chi connectivity index (χ1) is 10.6. The molecule has 0 radical (unpaired) electrons. The maximum atomic E-state index is 4.38. The van der Waals surface area contributed by atoms with Gasteiger partial charge in [-0.3, -0.25) is 0 Å². The highest BCUT2D eigenvalue weighted by Gasteiger charge is 2.03. The molecule has 0 aliphatic rings. The zero-order valence-electron chi connectivity index (χ0n) is 13.8. The summed E-state index contributed by atoms with van der Waals surface area (Å²) in [5.41, 5.74) is 3.39. The molecule has 0 bridgehead atoms. The van der Waals surface area contributed by atoms with Gasteiger partial charge in [-0.1, -0.05) is 37.3 Å². The second-order valence-electron chi connectivity index (χ2n) is 5.77. The SMILES string of the molecule is Cc1cc(C)nc(NCCCNC[C@H](C)c2ccccc2)n1. The van der Waals surface area contributed by atoms with Crippen LogP contribution in [0.4, 0.5) is 5.95 Å². The molecule has 0 saturated carbocycles. The van der Waals surface area contributed by atoms with Gasteiger partial charge in [-0.15, -0.1) is 0 Å². The van der Waals surface area contributed by atoms with E-state index >= 15 is 0 Å². The van der Waals surface area contributed by atoms with Crippen LogP contribution in [0.15, 0.2) is 36.4 Å². The van der Waals surface area contributed by atoms with Crippen molar-refractivity contribution in [1.82, 2.24) is 15.3 Å². The van der Waals surface area contributed by atoms with Crippen molar-refractivity contribution < 1.29 is 0 Å². The molecule has 2 N–H and O–H groups in total. The smallest absolute Gasteiger partial charge is 0.223 e. The van der Waals surface area contributed by atoms with Crippen LogP contribution in [-0.2, 0) is 0 Å². The van der Waals surface area contributed by atoms with Crippen molar-refractivity contribution in [2.45, 2.75) is 33.1 Å². The third kappa shape index (κ3) is 5.45. The molecule has 0 fully saturated rings. The highest BCUT2D eigenvalue weighted by Crippen LogP contribution is 2.12. The third-order valence-electron chi connectivity index (χ3n) is 3.61. The van der Waals surface area contributed by atoms with Crippen LogP contribution >= 0.6 is 0 Å². The maximum Gasteiger partial charge on any atom is 0.223 e. The Morgan fingerprint density at radius 3 is 2.36 bits per heavy atom. The standard InChI is InChI=1S/C18H26N4/c1-14(17-8-5-4-6-9-17)13-19-10-7-11-20-18-21-15(2)12-16(3)22-18/h4-6,8-9,12,14,19H,7,10-11,13H2,1-3H3,(H,20,21,22)/t14-/m0/s1. The van der Waals surface area contributed by atoms with E-state index in [-0.39, 0.29) is 0 Å². The lowest BCUT2D eigenvalue weighted by molar-refractivity contribution is 0.603. The molecule has 118 valence electrons. The number of nitrogens with one attached hydrogen (secondary N) is 2. The van der Waals surface area contributed by atoms with Gasteiger partial charge in [0.25, 0.3) is 0 Å². The van der Waals surface area contributed by atoms with E-state index in [1.165, 1.54) is 5.56 Å². The van der Waals surface area contributed by atoms with E-state index in [1.54, 1.807) is 0 Å². The first-order valence-corrected chi connectivity index (χ1v) is 7.97. The van der Waals surface area contributed by atoms with Crippen molar-refractivity contribution >= 4 is 5.95 Å². The van der Waals surface area contributed by atoms with Gasteiger partial charge in [0.05, 0.1) is 0 Å². The summed E-state index contributed by atoms with van der Waals surface area (Å²) in [7, 11) is 0. The van der Waals surface area contributed by atoms with Crippen molar-refractivity contribution in [1.29, 1.82) is 0 Å². The Morgan fingerprint density at radius 1 is 1.00 bits per heavy atom. The fraction of sp³-hybridized carbons (Fsp3) is 0.444. The van der Waals surface area contributed by atoms with Crippen LogP contribution in [0.3, 0.4) is 0 Å². The number of aryl methyl sites for hydroxylation is 2. The predicted molar refractivity (Wildman–Crippen MR) is 92.3 cm³/mol. The van der Waals surface area contributed by atoms with Crippen LogP contribution in [0.1, 0.15) is 36.2 Å². The normalized spacial score (nSPS) is 12.1. The molecule has 22 heavy (non-hydrogen) atoms. The van der Waals surface area contributed by atoms with Gasteiger partial charge in [-0.05, 0) is 44.4 Å². The number of nitrogens with zero attached hydrogens (tertiary/aromatic N) is 2. The molecule has 0 unspecified atom stereocenters. The van der Waals surface area contributed by atoms with Crippen molar-refractivity contribution in [2.24, 2.45) is 0 Å². The fourth-order valence-corrected chi connectivity index (χ4v) is 2.44. The number of benzene rings is 1. The Kier molecular flexibility index (Phi) is 6.34. The van der Waals surface area contributed by atoms with E-state index in [4.69, 9.17) is 0 Å². The summed E-state index contributed by atoms with van der Waals surface area (Å²) in [6, 6.07) is 12.6. The van der Waals surface area contributed by atoms with Crippen LogP contribution in [0.25, 0.3) is 0 Å². The molecule has 1 aromatic heterocycles. The molecule has 4 heteroatoms. The molecule has 1 heterocycles. The van der Waals surface area contributed by atoms with Gasteiger partial charge in [-0.25, -0.2) is 9.97 Å². The van der Waals surface area contributed by atoms with Crippen molar-refractivity contribution in [3.8, 4) is 0 Å². The van der Waals surface area contributed by atoms with Crippen LogP contribution in [0.2, 0.25) is 0 Å². The van der Waals surface area contributed by atoms with Crippen LogP contribution in [0, 0.1) is 13.8 Å². The average molecular weight is 298 g/mol. The van der Waals surface area contributed by atoms with E-state index in [1.807, 2.05) is 19.9 Å². The molecule has 0 aliphatic carbocycles. The molecule has 0 saturated heterocycles. The quantitative estimate of drug-likeness (QED) is 0.734. The molecule has 0 spiro atoms. The van der Waals surface area contributed by atoms with Gasteiger partial charge >= 0.3 is 0 Å². The molecular weight excluding hydrogens is 272 g/mol. The Hall–Kier alpha value is -1.94. The Labute approximate surface area is 133 Å². The number of aromatic nitrogens is 2. The summed E-state index contributed by atoms with van der Waals surface area (Å²) in [5, 5.41) is 6.80. The Morgan fingerprint density at radius 2 is 1.68 bits per heavy atom. The van der Waals surface area contributed by atoms with Crippen molar-refractivity contribution in [2.75, 3.05) is 25.0 Å². The van der Waals surface area contributed by atoms with Gasteiger partial charge in [0.1, 0.15) is 0 Å². The lowest BCUT2D eigenvalue weighted by Crippen LogP contribution is -2.23. The van der Waals surface area contributed by atoms with E-state index in [0.717, 1.165) is 43.4 Å². The van der Waals surface area contributed by atoms with E-state index in [2.05, 4.69) is 57.9 Å². The number of hydrogen-bond donors (Lipinski definition) is 2. The zero-order valence-corrected chi connectivity index (χ0v) is 13.8. The first-order valence-electron chi connectivity index (χ1n) is 7.97.